The van der Waals surface area contributed by atoms with Gasteiger partial charge in [-0.1, -0.05) is 54.6 Å². The maximum atomic E-state index is 13.3. The number of aromatic nitrogens is 2. The summed E-state index contributed by atoms with van der Waals surface area (Å²) < 4.78 is 22.8. The molecule has 1 aromatic heterocycles. The maximum Gasteiger partial charge on any atom is 0.185 e. The molecule has 8 nitrogen and oxygen atoms in total. The number of benzene rings is 2. The van der Waals surface area contributed by atoms with Crippen LogP contribution >= 0.6 is 0 Å². The number of likely N-dealkylation sites (N-methyl/N-ethyl adjacent to an activating group) is 1. The molecule has 0 aliphatic heterocycles. The normalized spacial score (nSPS) is 11.4. The highest BCUT2D eigenvalue weighted by Crippen LogP contribution is 2.20. The van der Waals surface area contributed by atoms with Gasteiger partial charge in [-0.15, -0.1) is 0 Å². The zero-order chi connectivity index (χ0) is 26.1. The Labute approximate surface area is 212 Å². The zero-order valence-electron chi connectivity index (χ0n) is 20.9. The van der Waals surface area contributed by atoms with Crippen molar-refractivity contribution in [3.8, 4) is 11.4 Å². The van der Waals surface area contributed by atoms with Crippen LogP contribution in [0.5, 0.6) is 0 Å². The number of hydrogen-bond donors (Lipinski definition) is 1. The van der Waals surface area contributed by atoms with E-state index in [9.17, 15) is 18.0 Å². The molecule has 190 valence electrons. The van der Waals surface area contributed by atoms with Crippen LogP contribution in [-0.4, -0.2) is 74.0 Å². The Bertz CT molecular complexity index is 1310. The smallest absolute Gasteiger partial charge is 0.185 e. The fourth-order valence-electron chi connectivity index (χ4n) is 3.64. The quantitative estimate of drug-likeness (QED) is 0.349. The van der Waals surface area contributed by atoms with Gasteiger partial charge in [-0.25, -0.2) is 18.4 Å². The zero-order valence-corrected chi connectivity index (χ0v) is 21.7. The van der Waals surface area contributed by atoms with Crippen molar-refractivity contribution in [1.29, 1.82) is 0 Å². The van der Waals surface area contributed by atoms with E-state index < -0.39 is 9.84 Å². The topological polar surface area (TPSA) is 109 Å². The van der Waals surface area contributed by atoms with Gasteiger partial charge in [-0.05, 0) is 26.1 Å². The summed E-state index contributed by atoms with van der Waals surface area (Å²) in [5.74, 6) is 0.535. The van der Waals surface area contributed by atoms with Gasteiger partial charge in [-0.3, -0.25) is 9.59 Å². The highest BCUT2D eigenvalue weighted by Gasteiger charge is 2.18. The van der Waals surface area contributed by atoms with Crippen LogP contribution in [-0.2, 0) is 16.3 Å². The molecule has 0 atom stereocenters. The third kappa shape index (κ3) is 8.35. The van der Waals surface area contributed by atoms with Gasteiger partial charge in [0.25, 0.3) is 0 Å². The van der Waals surface area contributed by atoms with Crippen molar-refractivity contribution in [3.63, 3.8) is 0 Å². The Morgan fingerprint density at radius 1 is 0.944 bits per heavy atom. The average molecular weight is 509 g/mol. The lowest BCUT2D eigenvalue weighted by Crippen LogP contribution is -2.21. The Kier molecular flexibility index (Phi) is 9.44. The van der Waals surface area contributed by atoms with Crippen molar-refractivity contribution in [2.75, 3.05) is 44.5 Å². The second-order valence-corrected chi connectivity index (χ2v) is 11.2. The summed E-state index contributed by atoms with van der Waals surface area (Å²) in [7, 11) is 0.817. The predicted octanol–water partition coefficient (Wildman–Crippen LogP) is 3.55. The number of nitrogens with zero attached hydrogens (tertiary/aromatic N) is 3. The lowest BCUT2D eigenvalue weighted by Gasteiger charge is -2.13. The van der Waals surface area contributed by atoms with Gasteiger partial charge >= 0.3 is 0 Å². The largest absolute Gasteiger partial charge is 0.369 e. The molecule has 3 rings (SSSR count). The first kappa shape index (κ1) is 27.2. The first-order chi connectivity index (χ1) is 17.1. The van der Waals surface area contributed by atoms with Crippen molar-refractivity contribution >= 4 is 27.2 Å². The molecule has 36 heavy (non-hydrogen) atoms. The highest BCUT2D eigenvalue weighted by atomic mass is 32.2. The van der Waals surface area contributed by atoms with Gasteiger partial charge in [0, 0.05) is 49.4 Å². The van der Waals surface area contributed by atoms with Gasteiger partial charge in [0.15, 0.2) is 17.4 Å². The van der Waals surface area contributed by atoms with Crippen LogP contribution < -0.4 is 5.32 Å². The third-order valence-corrected chi connectivity index (χ3v) is 6.53. The number of ketones is 2. The number of hydrogen-bond acceptors (Lipinski definition) is 8. The van der Waals surface area contributed by atoms with Crippen molar-refractivity contribution in [2.24, 2.45) is 0 Å². The summed E-state index contributed by atoms with van der Waals surface area (Å²) in [6.07, 6.45) is 1.49. The first-order valence-electron chi connectivity index (χ1n) is 11.8. The van der Waals surface area contributed by atoms with Crippen LogP contribution in [0, 0.1) is 0 Å². The second-order valence-electron chi connectivity index (χ2n) is 8.97. The van der Waals surface area contributed by atoms with E-state index in [-0.39, 0.29) is 42.3 Å². The molecular weight excluding hydrogens is 476 g/mol. The molecule has 0 saturated carbocycles. The minimum absolute atomic E-state index is 0.00360. The summed E-state index contributed by atoms with van der Waals surface area (Å²) in [5, 5.41) is 3.26. The minimum Gasteiger partial charge on any atom is -0.369 e. The molecule has 0 fully saturated rings. The van der Waals surface area contributed by atoms with E-state index in [4.69, 9.17) is 0 Å². The number of Topliss-reactive ketones (excluding diaryl/α,β-unsaturated/α-hetero) is 2. The van der Waals surface area contributed by atoms with E-state index in [0.717, 1.165) is 18.4 Å². The summed E-state index contributed by atoms with van der Waals surface area (Å²) in [6, 6.07) is 18.0. The number of rotatable bonds is 13. The fraction of sp³-hybridized carbons (Fsp3) is 0.333. The van der Waals surface area contributed by atoms with Crippen molar-refractivity contribution in [2.45, 2.75) is 19.3 Å². The minimum atomic E-state index is -3.14. The molecule has 9 heteroatoms. The number of carbonyl (C=O) groups is 2. The van der Waals surface area contributed by atoms with E-state index in [1.54, 1.807) is 30.3 Å². The van der Waals surface area contributed by atoms with Crippen molar-refractivity contribution in [3.05, 3.63) is 77.5 Å². The molecule has 0 bridgehead atoms. The molecule has 0 aliphatic rings. The van der Waals surface area contributed by atoms with E-state index >= 15 is 0 Å². The van der Waals surface area contributed by atoms with Gasteiger partial charge in [0.1, 0.15) is 21.3 Å². The van der Waals surface area contributed by atoms with Gasteiger partial charge in [0.05, 0.1) is 5.75 Å². The summed E-state index contributed by atoms with van der Waals surface area (Å²) in [4.78, 5) is 37.3. The Morgan fingerprint density at radius 3 is 2.33 bits per heavy atom. The van der Waals surface area contributed by atoms with Crippen LogP contribution in [0.4, 0.5) is 5.82 Å². The monoisotopic (exact) mass is 508 g/mol. The van der Waals surface area contributed by atoms with Crippen LogP contribution in [0.1, 0.15) is 39.3 Å². The van der Waals surface area contributed by atoms with E-state index in [1.165, 1.54) is 0 Å². The molecule has 2 aromatic carbocycles. The molecule has 0 aliphatic carbocycles. The third-order valence-electron chi connectivity index (χ3n) is 5.50. The lowest BCUT2D eigenvalue weighted by molar-refractivity contribution is 0.0979. The van der Waals surface area contributed by atoms with Gasteiger partial charge in [0.2, 0.25) is 0 Å². The standard InChI is InChI=1S/C27H32N4O4S/c1-31(2)16-15-28-26-19-23(29-27(30-26)20-10-5-4-6-11-20)25(33)18-21-12-7-8-13-22(21)24(32)14-9-17-36(3,34)35/h4-8,10-13,19H,9,14-18H2,1-3H3,(H,28,29,30). The van der Waals surface area contributed by atoms with Crippen LogP contribution in [0.2, 0.25) is 0 Å². The highest BCUT2D eigenvalue weighted by molar-refractivity contribution is 7.90. The Morgan fingerprint density at radius 2 is 1.64 bits per heavy atom. The number of carbonyl (C=O) groups excluding carboxylic acids is 2. The molecule has 1 N–H and O–H groups in total. The van der Waals surface area contributed by atoms with E-state index in [2.05, 4.69) is 15.3 Å². The molecule has 0 radical (unpaired) electrons. The Hall–Kier alpha value is -3.43. The number of sulfone groups is 1. The predicted molar refractivity (Wildman–Crippen MR) is 142 cm³/mol. The maximum absolute atomic E-state index is 13.3. The molecule has 0 unspecified atom stereocenters. The van der Waals surface area contributed by atoms with Crippen LogP contribution in [0.15, 0.2) is 60.7 Å². The van der Waals surface area contributed by atoms with Gasteiger partial charge in [-0.2, -0.15) is 0 Å². The molecule has 1 heterocycles. The van der Waals surface area contributed by atoms with E-state index in [0.29, 0.717) is 29.3 Å². The molecule has 3 aromatic rings. The second kappa shape index (κ2) is 12.5. The van der Waals surface area contributed by atoms with Gasteiger partial charge < -0.3 is 10.2 Å². The fourth-order valence-corrected chi connectivity index (χ4v) is 4.31. The number of nitrogens with one attached hydrogen (secondary N) is 1. The van der Waals surface area contributed by atoms with Crippen molar-refractivity contribution in [1.82, 2.24) is 14.9 Å². The molecule has 0 amide bonds. The Balaban J connectivity index is 1.84. The summed E-state index contributed by atoms with van der Waals surface area (Å²) in [5.41, 5.74) is 2.08. The van der Waals surface area contributed by atoms with Crippen LogP contribution in [0.25, 0.3) is 11.4 Å². The van der Waals surface area contributed by atoms with Crippen molar-refractivity contribution < 1.29 is 18.0 Å². The number of anilines is 1. The average Bonchev–Trinajstić information content (AvgIpc) is 2.83. The molecular formula is C27H32N4O4S. The lowest BCUT2D eigenvalue weighted by atomic mass is 9.96. The SMILES string of the molecule is CN(C)CCNc1cc(C(=O)Cc2ccccc2C(=O)CCCS(C)(=O)=O)nc(-c2ccccc2)n1. The molecule has 0 saturated heterocycles. The van der Waals surface area contributed by atoms with E-state index in [1.807, 2.05) is 49.3 Å². The molecule has 0 spiro atoms. The summed E-state index contributed by atoms with van der Waals surface area (Å²) in [6.45, 7) is 1.44. The first-order valence-corrected chi connectivity index (χ1v) is 13.8. The van der Waals surface area contributed by atoms with Crippen LogP contribution in [0.3, 0.4) is 0 Å². The summed E-state index contributed by atoms with van der Waals surface area (Å²) >= 11 is 0.